The summed E-state index contributed by atoms with van der Waals surface area (Å²) in [7, 11) is 0. The predicted molar refractivity (Wildman–Crippen MR) is 95.4 cm³/mol. The Morgan fingerprint density at radius 2 is 2.31 bits per heavy atom. The number of amides is 1. The van der Waals surface area contributed by atoms with Crippen LogP contribution in [0.2, 0.25) is 0 Å². The van der Waals surface area contributed by atoms with Crippen LogP contribution in [-0.4, -0.2) is 58.8 Å². The fraction of sp³-hybridized carbons (Fsp3) is 0.474. The Labute approximate surface area is 152 Å². The number of aryl methyl sites for hydroxylation is 1. The van der Waals surface area contributed by atoms with E-state index >= 15 is 0 Å². The quantitative estimate of drug-likeness (QED) is 0.866. The number of fused-ring (bicyclic) bond motifs is 1. The second-order valence-corrected chi connectivity index (χ2v) is 7.33. The van der Waals surface area contributed by atoms with E-state index in [1.807, 2.05) is 13.0 Å². The first-order chi connectivity index (χ1) is 12.6. The number of nitrogens with zero attached hydrogens (tertiary/aromatic N) is 4. The second-order valence-electron chi connectivity index (χ2n) is 7.33. The van der Waals surface area contributed by atoms with Gasteiger partial charge in [-0.05, 0) is 25.1 Å². The summed E-state index contributed by atoms with van der Waals surface area (Å²) >= 11 is 0. The average Bonchev–Trinajstić information content (AvgIpc) is 3.17. The first-order valence-corrected chi connectivity index (χ1v) is 8.92. The molecule has 0 spiro atoms. The lowest BCUT2D eigenvalue weighted by molar-refractivity contribution is 0.0903. The third-order valence-corrected chi connectivity index (χ3v) is 5.37. The minimum atomic E-state index is -0.112. The van der Waals surface area contributed by atoms with Gasteiger partial charge in [-0.15, -0.1) is 0 Å². The lowest BCUT2D eigenvalue weighted by atomic mass is 9.81. The Kier molecular flexibility index (Phi) is 4.65. The number of hydrogen-bond donors (Lipinski definition) is 1. The topological polar surface area (TPSA) is 80.2 Å². The molecule has 2 aromatic rings. The summed E-state index contributed by atoms with van der Waals surface area (Å²) in [5, 5.41) is 10.5. The summed E-state index contributed by atoms with van der Waals surface area (Å²) in [5.41, 5.74) is 2.64. The van der Waals surface area contributed by atoms with Crippen LogP contribution < -0.4 is 5.32 Å². The van der Waals surface area contributed by atoms with Gasteiger partial charge < -0.3 is 10.1 Å². The van der Waals surface area contributed by atoms with Gasteiger partial charge in [0.1, 0.15) is 0 Å². The van der Waals surface area contributed by atoms with Gasteiger partial charge in [0.2, 0.25) is 0 Å². The monoisotopic (exact) mass is 353 g/mol. The molecule has 2 aromatic heterocycles. The molecule has 4 rings (SSSR count). The van der Waals surface area contributed by atoms with Gasteiger partial charge in [0, 0.05) is 43.2 Å². The van der Waals surface area contributed by atoms with Crippen LogP contribution in [0.3, 0.4) is 0 Å². The predicted octanol–water partition coefficient (Wildman–Crippen LogP) is 1.06. The zero-order chi connectivity index (χ0) is 18.0. The van der Waals surface area contributed by atoms with Crippen molar-refractivity contribution in [3.05, 3.63) is 53.6 Å². The molecule has 2 saturated heterocycles. The van der Waals surface area contributed by atoms with Crippen LogP contribution in [-0.2, 0) is 11.3 Å². The average molecular weight is 353 g/mol. The van der Waals surface area contributed by atoms with Gasteiger partial charge in [-0.1, -0.05) is 6.07 Å². The number of hydrogen-bond acceptors (Lipinski definition) is 6. The Morgan fingerprint density at radius 1 is 1.38 bits per heavy atom. The van der Waals surface area contributed by atoms with E-state index in [1.54, 1.807) is 6.07 Å². The molecule has 2 aliphatic heterocycles. The van der Waals surface area contributed by atoms with E-state index in [2.05, 4.69) is 37.5 Å². The molecule has 0 radical (unpaired) electrons. The van der Waals surface area contributed by atoms with E-state index in [1.165, 1.54) is 12.4 Å². The zero-order valence-electron chi connectivity index (χ0n) is 14.9. The first-order valence-electron chi connectivity index (χ1n) is 8.92. The number of rotatable bonds is 5. The van der Waals surface area contributed by atoms with E-state index < -0.39 is 0 Å². The van der Waals surface area contributed by atoms with Crippen LogP contribution in [0, 0.1) is 18.3 Å². The molecular formula is C19H23N5O2. The number of pyridine rings is 1. The van der Waals surface area contributed by atoms with Crippen LogP contribution in [0.1, 0.15) is 21.7 Å². The van der Waals surface area contributed by atoms with Crippen molar-refractivity contribution in [2.45, 2.75) is 13.5 Å². The lowest BCUT2D eigenvalue weighted by Crippen LogP contribution is -2.43. The summed E-state index contributed by atoms with van der Waals surface area (Å²) in [4.78, 5) is 19.4. The van der Waals surface area contributed by atoms with Gasteiger partial charge >= 0.3 is 0 Å². The van der Waals surface area contributed by atoms with Crippen molar-refractivity contribution in [3.63, 3.8) is 0 Å². The summed E-state index contributed by atoms with van der Waals surface area (Å²) in [6, 6.07) is 7.81. The smallest absolute Gasteiger partial charge is 0.252 e. The molecule has 7 nitrogen and oxygen atoms in total. The molecule has 0 aliphatic carbocycles. The molecule has 0 bridgehead atoms. The zero-order valence-corrected chi connectivity index (χ0v) is 14.9. The Balaban J connectivity index is 1.41. The molecule has 7 heteroatoms. The van der Waals surface area contributed by atoms with Gasteiger partial charge in [0.05, 0.1) is 36.9 Å². The lowest BCUT2D eigenvalue weighted by Gasteiger charge is -2.27. The van der Waals surface area contributed by atoms with Gasteiger partial charge in [-0.2, -0.15) is 10.2 Å². The Hall–Kier alpha value is -2.38. The molecule has 4 heterocycles. The van der Waals surface area contributed by atoms with Crippen molar-refractivity contribution in [1.29, 1.82) is 0 Å². The number of ether oxygens (including phenoxy) is 1. The molecule has 1 N–H and O–H groups in total. The normalized spacial score (nSPS) is 25.2. The van der Waals surface area contributed by atoms with Gasteiger partial charge in [-0.25, -0.2) is 0 Å². The molecule has 0 aromatic carbocycles. The summed E-state index contributed by atoms with van der Waals surface area (Å²) in [6.07, 6.45) is 3.01. The maximum absolute atomic E-state index is 12.4. The van der Waals surface area contributed by atoms with Crippen molar-refractivity contribution in [1.82, 2.24) is 25.4 Å². The molecule has 26 heavy (non-hydrogen) atoms. The van der Waals surface area contributed by atoms with Gasteiger partial charge in [0.15, 0.2) is 0 Å². The van der Waals surface area contributed by atoms with Crippen LogP contribution in [0.15, 0.2) is 36.7 Å². The number of carbonyl (C=O) groups excluding carboxylic acids is 1. The molecule has 136 valence electrons. The van der Waals surface area contributed by atoms with Crippen LogP contribution in [0.4, 0.5) is 0 Å². The number of likely N-dealkylation sites (tertiary alicyclic amines) is 1. The highest BCUT2D eigenvalue weighted by molar-refractivity contribution is 5.93. The highest BCUT2D eigenvalue weighted by atomic mass is 16.5. The fourth-order valence-corrected chi connectivity index (χ4v) is 4.01. The number of aromatic nitrogens is 3. The fourth-order valence-electron chi connectivity index (χ4n) is 4.01. The molecule has 2 fully saturated rings. The third-order valence-electron chi connectivity index (χ3n) is 5.37. The van der Waals surface area contributed by atoms with Crippen molar-refractivity contribution >= 4 is 5.91 Å². The van der Waals surface area contributed by atoms with Crippen molar-refractivity contribution in [2.24, 2.45) is 11.3 Å². The van der Waals surface area contributed by atoms with Crippen molar-refractivity contribution in [2.75, 3.05) is 32.8 Å². The van der Waals surface area contributed by atoms with E-state index in [9.17, 15) is 4.79 Å². The highest BCUT2D eigenvalue weighted by Gasteiger charge is 2.50. The minimum absolute atomic E-state index is 0.0278. The molecule has 2 atom stereocenters. The molecule has 2 aliphatic rings. The summed E-state index contributed by atoms with van der Waals surface area (Å²) < 4.78 is 5.75. The highest BCUT2D eigenvalue weighted by Crippen LogP contribution is 2.41. The van der Waals surface area contributed by atoms with Gasteiger partial charge in [-0.3, -0.25) is 14.7 Å². The minimum Gasteiger partial charge on any atom is -0.380 e. The first kappa shape index (κ1) is 17.1. The molecular weight excluding hydrogens is 330 g/mol. The van der Waals surface area contributed by atoms with E-state index in [0.717, 1.165) is 37.6 Å². The van der Waals surface area contributed by atoms with Crippen LogP contribution >= 0.6 is 0 Å². The molecule has 0 unspecified atom stereocenters. The molecule has 1 amide bonds. The third kappa shape index (κ3) is 3.45. The standard InChI is InChI=1S/C19H23N5O2/c1-14-3-2-4-17(23-14)9-24-8-16-10-26-13-19(16,12-24)11-20-18(25)15-5-6-21-22-7-15/h2-7,16H,8-13H2,1H3,(H,20,25)/t16-,19+/m1/s1. The SMILES string of the molecule is Cc1cccc(CN2C[C@@H]3COC[C@]3(CNC(=O)c3ccnnc3)C2)n1. The van der Waals surface area contributed by atoms with E-state index in [0.29, 0.717) is 24.6 Å². The summed E-state index contributed by atoms with van der Waals surface area (Å²) in [5.74, 6) is 0.321. The molecule has 0 saturated carbocycles. The maximum Gasteiger partial charge on any atom is 0.252 e. The van der Waals surface area contributed by atoms with Crippen LogP contribution in [0.5, 0.6) is 0 Å². The second kappa shape index (κ2) is 7.09. The Bertz CT molecular complexity index is 785. The van der Waals surface area contributed by atoms with Crippen molar-refractivity contribution < 1.29 is 9.53 Å². The number of nitrogens with one attached hydrogen (secondary N) is 1. The van der Waals surface area contributed by atoms with E-state index in [4.69, 9.17) is 4.74 Å². The maximum atomic E-state index is 12.4. The Morgan fingerprint density at radius 3 is 3.12 bits per heavy atom. The van der Waals surface area contributed by atoms with E-state index in [-0.39, 0.29) is 11.3 Å². The number of carbonyl (C=O) groups is 1. The van der Waals surface area contributed by atoms with Crippen LogP contribution in [0.25, 0.3) is 0 Å². The largest absolute Gasteiger partial charge is 0.380 e. The summed E-state index contributed by atoms with van der Waals surface area (Å²) in [6.45, 7) is 6.78. The van der Waals surface area contributed by atoms with Gasteiger partial charge in [0.25, 0.3) is 5.91 Å². The van der Waals surface area contributed by atoms with Crippen molar-refractivity contribution in [3.8, 4) is 0 Å².